The van der Waals surface area contributed by atoms with Crippen LogP contribution in [0.2, 0.25) is 0 Å². The van der Waals surface area contributed by atoms with E-state index in [-0.39, 0.29) is 29.8 Å². The molecule has 2 N–H and O–H groups in total. The van der Waals surface area contributed by atoms with Crippen LogP contribution in [-0.2, 0) is 17.7 Å². The van der Waals surface area contributed by atoms with Crippen molar-refractivity contribution < 1.29 is 19.4 Å². The molecule has 2 aromatic rings. The van der Waals surface area contributed by atoms with Gasteiger partial charge in [-0.05, 0) is 68.4 Å². The maximum absolute atomic E-state index is 13.7. The van der Waals surface area contributed by atoms with Crippen LogP contribution in [0.5, 0.6) is 0 Å². The van der Waals surface area contributed by atoms with E-state index in [2.05, 4.69) is 29.3 Å². The van der Waals surface area contributed by atoms with Crippen molar-refractivity contribution in [2.45, 2.75) is 63.8 Å². The van der Waals surface area contributed by atoms with E-state index in [1.54, 1.807) is 18.1 Å². The van der Waals surface area contributed by atoms with Crippen molar-refractivity contribution in [3.8, 4) is 0 Å². The number of hydrogen-bond acceptors (Lipinski definition) is 6. The number of carbonyl (C=O) groups is 2. The molecule has 1 saturated heterocycles. The first-order valence-corrected chi connectivity index (χ1v) is 14.9. The lowest BCUT2D eigenvalue weighted by molar-refractivity contribution is -0.0486. The van der Waals surface area contributed by atoms with Crippen LogP contribution in [0.1, 0.15) is 64.4 Å². The number of amides is 2. The molecule has 3 aliphatic heterocycles. The summed E-state index contributed by atoms with van der Waals surface area (Å²) in [6.45, 7) is 6.62. The minimum absolute atomic E-state index is 0.0472. The Hall–Kier alpha value is -2.94. The van der Waals surface area contributed by atoms with E-state index in [0.717, 1.165) is 64.0 Å². The number of rotatable bonds is 6. The van der Waals surface area contributed by atoms with E-state index < -0.39 is 6.10 Å². The third kappa shape index (κ3) is 5.13. The Morgan fingerprint density at radius 2 is 1.82 bits per heavy atom. The first-order chi connectivity index (χ1) is 19.4. The molecule has 2 aromatic carbocycles. The molecule has 4 aliphatic rings. The van der Waals surface area contributed by atoms with Gasteiger partial charge in [0.05, 0.1) is 23.5 Å². The molecular formula is C32H42N4O4. The standard InChI is InChI=1S/C32H42N4O4/c1-3-34-14-15-35(19-29(37)27-16-22-6-4-5-7-24(22)18-33-27)31(39)26-9-8-23(17-28(26)34)30(38)36-20-32(21-36)12-10-25(40-2)11-13-32/h4-9,17,25,27,29,33,37H,3,10-16,18-21H2,1-2H3/t27-,29+/m0/s1. The molecule has 1 spiro atoms. The van der Waals surface area contributed by atoms with Gasteiger partial charge < -0.3 is 29.9 Å². The second-order valence-corrected chi connectivity index (χ2v) is 12.2. The number of anilines is 1. The summed E-state index contributed by atoms with van der Waals surface area (Å²) in [6, 6.07) is 13.7. The number of benzene rings is 2. The second-order valence-electron chi connectivity index (χ2n) is 12.2. The maximum atomic E-state index is 13.7. The first-order valence-electron chi connectivity index (χ1n) is 14.9. The minimum Gasteiger partial charge on any atom is -0.390 e. The SMILES string of the molecule is CCN1CCN(C[C@@H](O)[C@@H]2Cc3ccccc3CN2)C(=O)c2ccc(C(=O)N3CC4(CCC(OC)CC4)C3)cc21. The number of aliphatic hydroxyl groups excluding tert-OH is 1. The summed E-state index contributed by atoms with van der Waals surface area (Å²) in [6.07, 6.45) is 4.79. The minimum atomic E-state index is -0.674. The van der Waals surface area contributed by atoms with E-state index in [0.29, 0.717) is 30.3 Å². The zero-order valence-corrected chi connectivity index (χ0v) is 23.8. The van der Waals surface area contributed by atoms with Gasteiger partial charge in [-0.25, -0.2) is 0 Å². The van der Waals surface area contributed by atoms with Gasteiger partial charge in [0.2, 0.25) is 0 Å². The maximum Gasteiger partial charge on any atom is 0.256 e. The number of β-amino-alcohol motifs (C(OH)–C–C–N with tert-alkyl or cyclic N) is 1. The normalized spacial score (nSPS) is 23.3. The Balaban J connectivity index is 1.13. The lowest BCUT2D eigenvalue weighted by Gasteiger charge is -2.53. The molecule has 0 radical (unpaired) electrons. The summed E-state index contributed by atoms with van der Waals surface area (Å²) in [5, 5.41) is 14.6. The molecule has 0 bridgehead atoms. The molecule has 0 aromatic heterocycles. The molecule has 8 heteroatoms. The number of nitrogens with zero attached hydrogens (tertiary/aromatic N) is 3. The van der Waals surface area contributed by atoms with Crippen molar-refractivity contribution in [1.29, 1.82) is 0 Å². The van der Waals surface area contributed by atoms with Crippen LogP contribution < -0.4 is 10.2 Å². The van der Waals surface area contributed by atoms with Crippen LogP contribution in [0.15, 0.2) is 42.5 Å². The number of aliphatic hydroxyl groups is 1. The monoisotopic (exact) mass is 546 g/mol. The summed E-state index contributed by atoms with van der Waals surface area (Å²) in [5.74, 6) is -0.0380. The number of carbonyl (C=O) groups excluding carboxylic acids is 2. The lowest BCUT2D eigenvalue weighted by Crippen LogP contribution is -2.59. The third-order valence-corrected chi connectivity index (χ3v) is 9.78. The largest absolute Gasteiger partial charge is 0.390 e. The smallest absolute Gasteiger partial charge is 0.256 e. The topological polar surface area (TPSA) is 85.3 Å². The fourth-order valence-electron chi connectivity index (χ4n) is 7.19. The van der Waals surface area contributed by atoms with E-state index in [1.807, 2.05) is 29.2 Å². The van der Waals surface area contributed by atoms with Gasteiger partial charge in [-0.1, -0.05) is 24.3 Å². The summed E-state index contributed by atoms with van der Waals surface area (Å²) in [5.41, 5.74) is 4.82. The van der Waals surface area contributed by atoms with Crippen molar-refractivity contribution >= 4 is 17.5 Å². The molecule has 8 nitrogen and oxygen atoms in total. The van der Waals surface area contributed by atoms with Crippen molar-refractivity contribution in [2.24, 2.45) is 5.41 Å². The second kappa shape index (κ2) is 11.1. The molecule has 1 aliphatic carbocycles. The van der Waals surface area contributed by atoms with Gasteiger partial charge in [-0.3, -0.25) is 9.59 Å². The molecule has 2 amide bonds. The Morgan fingerprint density at radius 3 is 2.55 bits per heavy atom. The predicted molar refractivity (Wildman–Crippen MR) is 155 cm³/mol. The number of nitrogens with one attached hydrogen (secondary N) is 1. The summed E-state index contributed by atoms with van der Waals surface area (Å²) < 4.78 is 5.53. The van der Waals surface area contributed by atoms with Crippen LogP contribution in [0.25, 0.3) is 0 Å². The molecular weight excluding hydrogens is 504 g/mol. The van der Waals surface area contributed by atoms with E-state index in [4.69, 9.17) is 4.74 Å². The van der Waals surface area contributed by atoms with Crippen molar-refractivity contribution in [1.82, 2.24) is 15.1 Å². The third-order valence-electron chi connectivity index (χ3n) is 9.78. The molecule has 1 saturated carbocycles. The highest BCUT2D eigenvalue weighted by atomic mass is 16.5. The number of methoxy groups -OCH3 is 1. The quantitative estimate of drug-likeness (QED) is 0.580. The fourth-order valence-corrected chi connectivity index (χ4v) is 7.19. The first kappa shape index (κ1) is 27.2. The average Bonchev–Trinajstić information content (AvgIpc) is 3.10. The van der Waals surface area contributed by atoms with Crippen LogP contribution >= 0.6 is 0 Å². The van der Waals surface area contributed by atoms with E-state index in [9.17, 15) is 14.7 Å². The van der Waals surface area contributed by atoms with Gasteiger partial charge >= 0.3 is 0 Å². The van der Waals surface area contributed by atoms with Gasteiger partial charge in [0, 0.05) is 69.9 Å². The van der Waals surface area contributed by atoms with Crippen LogP contribution in [-0.4, -0.2) is 91.3 Å². The highest BCUT2D eigenvalue weighted by Crippen LogP contribution is 2.45. The van der Waals surface area contributed by atoms with Gasteiger partial charge in [-0.2, -0.15) is 0 Å². The molecule has 3 heterocycles. The van der Waals surface area contributed by atoms with Crippen LogP contribution in [0.3, 0.4) is 0 Å². The number of ether oxygens (including phenoxy) is 1. The van der Waals surface area contributed by atoms with Crippen LogP contribution in [0, 0.1) is 5.41 Å². The van der Waals surface area contributed by atoms with Crippen molar-refractivity contribution in [3.05, 3.63) is 64.7 Å². The summed E-state index contributed by atoms with van der Waals surface area (Å²) >= 11 is 0. The zero-order valence-electron chi connectivity index (χ0n) is 23.8. The fraction of sp³-hybridized carbons (Fsp3) is 0.562. The zero-order chi connectivity index (χ0) is 27.9. The number of likely N-dealkylation sites (tertiary alicyclic amines) is 1. The van der Waals surface area contributed by atoms with Crippen LogP contribution in [0.4, 0.5) is 5.69 Å². The molecule has 2 atom stereocenters. The molecule has 0 unspecified atom stereocenters. The van der Waals surface area contributed by atoms with Gasteiger partial charge in [-0.15, -0.1) is 0 Å². The van der Waals surface area contributed by atoms with Crippen molar-refractivity contribution in [3.63, 3.8) is 0 Å². The Kier molecular flexibility index (Phi) is 7.59. The molecule has 6 rings (SSSR count). The lowest BCUT2D eigenvalue weighted by atomic mass is 9.68. The number of hydrogen-bond donors (Lipinski definition) is 2. The highest BCUT2D eigenvalue weighted by molar-refractivity contribution is 6.03. The number of likely N-dealkylation sites (N-methyl/N-ethyl adjacent to an activating group) is 1. The predicted octanol–water partition coefficient (Wildman–Crippen LogP) is 3.08. The Morgan fingerprint density at radius 1 is 1.10 bits per heavy atom. The Labute approximate surface area is 237 Å². The van der Waals surface area contributed by atoms with E-state index in [1.165, 1.54) is 11.1 Å². The summed E-state index contributed by atoms with van der Waals surface area (Å²) in [4.78, 5) is 33.1. The van der Waals surface area contributed by atoms with E-state index >= 15 is 0 Å². The molecule has 40 heavy (non-hydrogen) atoms. The van der Waals surface area contributed by atoms with Gasteiger partial charge in [0.25, 0.3) is 11.8 Å². The molecule has 2 fully saturated rings. The summed E-state index contributed by atoms with van der Waals surface area (Å²) in [7, 11) is 1.79. The Bertz CT molecular complexity index is 1250. The van der Waals surface area contributed by atoms with Crippen molar-refractivity contribution in [2.75, 3.05) is 51.3 Å². The van der Waals surface area contributed by atoms with Gasteiger partial charge in [0.1, 0.15) is 0 Å². The molecule has 214 valence electrons. The average molecular weight is 547 g/mol. The van der Waals surface area contributed by atoms with Gasteiger partial charge in [0.15, 0.2) is 0 Å². The highest BCUT2D eigenvalue weighted by Gasteiger charge is 2.47. The number of fused-ring (bicyclic) bond motifs is 2.